The number of rotatable bonds is 11. The van der Waals surface area contributed by atoms with E-state index in [0.29, 0.717) is 36.0 Å². The fourth-order valence-corrected chi connectivity index (χ4v) is 5.25. The van der Waals surface area contributed by atoms with Crippen molar-refractivity contribution in [1.29, 1.82) is 0 Å². The first kappa shape index (κ1) is 25.9. The summed E-state index contributed by atoms with van der Waals surface area (Å²) in [7, 11) is 1.62. The number of aromatic nitrogens is 2. The number of aliphatic hydroxyl groups is 1. The van der Waals surface area contributed by atoms with Crippen LogP contribution in [-0.4, -0.2) is 52.9 Å². The zero-order valence-corrected chi connectivity index (χ0v) is 22.0. The van der Waals surface area contributed by atoms with Crippen LogP contribution >= 0.6 is 11.3 Å². The number of hydrogen-bond acceptors (Lipinski definition) is 7. The standard InChI is InChI=1S/C28H33N3O4S/c1-18(2)13-31(14-20(32)16-35-22-11-9-21(34-4)10-12-22)15-25-29-27(33)26-24(17-36-28(26)30-25)23-8-6-5-7-19(23)3/h5-12,17-18,20,32H,13-16H2,1-4H3,(H,29,30,33). The third kappa shape index (κ3) is 6.32. The van der Waals surface area contributed by atoms with E-state index in [1.54, 1.807) is 7.11 Å². The Labute approximate surface area is 215 Å². The van der Waals surface area contributed by atoms with Gasteiger partial charge in [-0.15, -0.1) is 11.3 Å². The summed E-state index contributed by atoms with van der Waals surface area (Å²) in [6, 6.07) is 15.3. The molecule has 1 unspecified atom stereocenters. The van der Waals surface area contributed by atoms with Gasteiger partial charge in [-0.1, -0.05) is 38.1 Å². The highest BCUT2D eigenvalue weighted by atomic mass is 32.1. The third-order valence-corrected chi connectivity index (χ3v) is 6.77. The number of aromatic amines is 1. The molecule has 0 aliphatic carbocycles. The van der Waals surface area contributed by atoms with Crippen molar-refractivity contribution in [3.63, 3.8) is 0 Å². The number of nitrogens with zero attached hydrogens (tertiary/aromatic N) is 2. The number of hydrogen-bond donors (Lipinski definition) is 2. The Morgan fingerprint density at radius 2 is 1.78 bits per heavy atom. The fourth-order valence-electron chi connectivity index (χ4n) is 4.29. The number of ether oxygens (including phenoxy) is 2. The fraction of sp³-hybridized carbons (Fsp3) is 0.357. The molecule has 0 amide bonds. The van der Waals surface area contributed by atoms with Crippen LogP contribution in [-0.2, 0) is 6.54 Å². The minimum Gasteiger partial charge on any atom is -0.497 e. The van der Waals surface area contributed by atoms with E-state index in [4.69, 9.17) is 14.5 Å². The van der Waals surface area contributed by atoms with Gasteiger partial charge in [-0.05, 0) is 48.2 Å². The molecule has 36 heavy (non-hydrogen) atoms. The van der Waals surface area contributed by atoms with E-state index in [1.807, 2.05) is 60.8 Å². The molecule has 4 aromatic rings. The summed E-state index contributed by atoms with van der Waals surface area (Å²) < 4.78 is 10.9. The van der Waals surface area contributed by atoms with E-state index in [-0.39, 0.29) is 12.2 Å². The zero-order chi connectivity index (χ0) is 25.7. The second kappa shape index (κ2) is 11.7. The summed E-state index contributed by atoms with van der Waals surface area (Å²) >= 11 is 1.48. The Kier molecular flexibility index (Phi) is 8.40. The van der Waals surface area contributed by atoms with Crippen molar-refractivity contribution in [3.8, 4) is 22.6 Å². The lowest BCUT2D eigenvalue weighted by Gasteiger charge is -2.26. The number of methoxy groups -OCH3 is 1. The van der Waals surface area contributed by atoms with Crippen molar-refractivity contribution in [2.24, 2.45) is 5.92 Å². The molecule has 0 bridgehead atoms. The van der Waals surface area contributed by atoms with Crippen LogP contribution in [0.5, 0.6) is 11.5 Å². The van der Waals surface area contributed by atoms with E-state index in [2.05, 4.69) is 23.7 Å². The maximum absolute atomic E-state index is 13.1. The van der Waals surface area contributed by atoms with Gasteiger partial charge < -0.3 is 19.6 Å². The minimum atomic E-state index is -0.698. The van der Waals surface area contributed by atoms with E-state index >= 15 is 0 Å². The average Bonchev–Trinajstić information content (AvgIpc) is 3.27. The molecule has 190 valence electrons. The van der Waals surface area contributed by atoms with Crippen LogP contribution in [0.25, 0.3) is 21.3 Å². The summed E-state index contributed by atoms with van der Waals surface area (Å²) in [6.45, 7) is 8.04. The van der Waals surface area contributed by atoms with Crippen LogP contribution in [0.3, 0.4) is 0 Å². The smallest absolute Gasteiger partial charge is 0.260 e. The van der Waals surface area contributed by atoms with Gasteiger partial charge >= 0.3 is 0 Å². The van der Waals surface area contributed by atoms with Gasteiger partial charge in [0, 0.05) is 24.0 Å². The number of nitrogens with one attached hydrogen (secondary N) is 1. The van der Waals surface area contributed by atoms with Crippen LogP contribution in [0.4, 0.5) is 0 Å². The Hall–Kier alpha value is -3.20. The Morgan fingerprint density at radius 3 is 2.47 bits per heavy atom. The second-order valence-corrected chi connectivity index (χ2v) is 10.2. The van der Waals surface area contributed by atoms with E-state index in [1.165, 1.54) is 11.3 Å². The van der Waals surface area contributed by atoms with Crippen LogP contribution in [0.1, 0.15) is 25.2 Å². The number of H-pyrrole nitrogens is 1. The maximum Gasteiger partial charge on any atom is 0.260 e. The van der Waals surface area contributed by atoms with Crippen LogP contribution in [0.15, 0.2) is 58.7 Å². The maximum atomic E-state index is 13.1. The summed E-state index contributed by atoms with van der Waals surface area (Å²) in [5.74, 6) is 2.39. The molecule has 7 nitrogen and oxygen atoms in total. The Bertz CT molecular complexity index is 1350. The van der Waals surface area contributed by atoms with E-state index < -0.39 is 6.10 Å². The first-order valence-electron chi connectivity index (χ1n) is 12.1. The van der Waals surface area contributed by atoms with Gasteiger partial charge in [-0.2, -0.15) is 0 Å². The normalized spacial score (nSPS) is 12.4. The first-order chi connectivity index (χ1) is 17.3. The highest BCUT2D eigenvalue weighted by molar-refractivity contribution is 7.17. The molecule has 1 atom stereocenters. The molecule has 0 fully saturated rings. The monoisotopic (exact) mass is 507 g/mol. The van der Waals surface area contributed by atoms with Gasteiger partial charge in [0.05, 0.1) is 19.0 Å². The van der Waals surface area contributed by atoms with Gasteiger partial charge in [-0.3, -0.25) is 9.69 Å². The zero-order valence-electron chi connectivity index (χ0n) is 21.2. The molecule has 4 rings (SSSR count). The van der Waals surface area contributed by atoms with Crippen LogP contribution in [0.2, 0.25) is 0 Å². The SMILES string of the molecule is COc1ccc(OCC(O)CN(Cc2nc3scc(-c4ccccc4C)c3c(=O)[nH]2)CC(C)C)cc1. The van der Waals surface area contributed by atoms with Gasteiger partial charge in [0.1, 0.15) is 34.9 Å². The number of fused-ring (bicyclic) bond motifs is 1. The van der Waals surface area contributed by atoms with Gasteiger partial charge in [0.2, 0.25) is 0 Å². The second-order valence-electron chi connectivity index (χ2n) is 9.39. The topological polar surface area (TPSA) is 87.7 Å². The summed E-state index contributed by atoms with van der Waals surface area (Å²) in [6.07, 6.45) is -0.698. The molecule has 0 aliphatic rings. The lowest BCUT2D eigenvalue weighted by atomic mass is 10.0. The van der Waals surface area contributed by atoms with E-state index in [0.717, 1.165) is 33.8 Å². The van der Waals surface area contributed by atoms with Crippen molar-refractivity contribution in [1.82, 2.24) is 14.9 Å². The van der Waals surface area contributed by atoms with Gasteiger partial charge in [0.25, 0.3) is 5.56 Å². The number of aryl methyl sites for hydroxylation is 1. The summed E-state index contributed by atoms with van der Waals surface area (Å²) in [5, 5.41) is 13.3. The molecular formula is C28H33N3O4S. The molecular weight excluding hydrogens is 474 g/mol. The van der Waals surface area contributed by atoms with Crippen LogP contribution < -0.4 is 15.0 Å². The summed E-state index contributed by atoms with van der Waals surface area (Å²) in [4.78, 5) is 23.7. The molecule has 2 N–H and O–H groups in total. The van der Waals surface area contributed by atoms with Gasteiger partial charge in [0.15, 0.2) is 0 Å². The number of benzene rings is 2. The predicted octanol–water partition coefficient (Wildman–Crippen LogP) is 4.87. The number of aliphatic hydroxyl groups excluding tert-OH is 1. The molecule has 0 spiro atoms. The Morgan fingerprint density at radius 1 is 1.06 bits per heavy atom. The van der Waals surface area contributed by atoms with E-state index in [9.17, 15) is 9.90 Å². The highest BCUT2D eigenvalue weighted by Gasteiger charge is 2.18. The molecule has 0 radical (unpaired) electrons. The first-order valence-corrected chi connectivity index (χ1v) is 13.0. The molecule has 0 aliphatic heterocycles. The Balaban J connectivity index is 1.47. The van der Waals surface area contributed by atoms with Crippen molar-refractivity contribution in [2.45, 2.75) is 33.4 Å². The predicted molar refractivity (Wildman–Crippen MR) is 145 cm³/mol. The highest BCUT2D eigenvalue weighted by Crippen LogP contribution is 2.32. The van der Waals surface area contributed by atoms with Gasteiger partial charge in [-0.25, -0.2) is 4.98 Å². The molecule has 2 aromatic heterocycles. The molecule has 2 aromatic carbocycles. The van der Waals surface area contributed by atoms with Crippen molar-refractivity contribution < 1.29 is 14.6 Å². The quantitative estimate of drug-likeness (QED) is 0.301. The lowest BCUT2D eigenvalue weighted by Crippen LogP contribution is -2.38. The molecule has 0 saturated heterocycles. The average molecular weight is 508 g/mol. The molecule has 8 heteroatoms. The summed E-state index contributed by atoms with van der Waals surface area (Å²) in [5.41, 5.74) is 2.95. The van der Waals surface area contributed by atoms with Crippen molar-refractivity contribution >= 4 is 21.6 Å². The largest absolute Gasteiger partial charge is 0.497 e. The lowest BCUT2D eigenvalue weighted by molar-refractivity contribution is 0.0606. The molecule has 2 heterocycles. The number of thiophene rings is 1. The van der Waals surface area contributed by atoms with Crippen LogP contribution in [0, 0.1) is 12.8 Å². The molecule has 0 saturated carbocycles. The third-order valence-electron chi connectivity index (χ3n) is 5.90. The van der Waals surface area contributed by atoms with Crippen molar-refractivity contribution in [3.05, 3.63) is 75.7 Å². The van der Waals surface area contributed by atoms with Crippen molar-refractivity contribution in [2.75, 3.05) is 26.8 Å². The minimum absolute atomic E-state index is 0.137.